The molecule has 2 rings (SSSR count). The fourth-order valence-electron chi connectivity index (χ4n) is 3.39. The lowest BCUT2D eigenvalue weighted by Crippen LogP contribution is -2.33. The number of pyridine rings is 1. The summed E-state index contributed by atoms with van der Waals surface area (Å²) >= 11 is 0. The Hall–Kier alpha value is -0.890. The highest BCUT2D eigenvalue weighted by atomic mass is 14.9. The van der Waals surface area contributed by atoms with Gasteiger partial charge in [-0.15, -0.1) is 0 Å². The van der Waals surface area contributed by atoms with Gasteiger partial charge in [0.25, 0.3) is 0 Å². The molecule has 1 aromatic heterocycles. The van der Waals surface area contributed by atoms with E-state index < -0.39 is 0 Å². The second-order valence-electron chi connectivity index (χ2n) is 7.17. The second-order valence-corrected chi connectivity index (χ2v) is 7.17. The molecule has 1 unspecified atom stereocenters. The third-order valence-corrected chi connectivity index (χ3v) is 4.88. The number of aryl methyl sites for hydroxylation is 1. The van der Waals surface area contributed by atoms with E-state index in [1.54, 1.807) is 0 Å². The molecule has 0 aromatic carbocycles. The van der Waals surface area contributed by atoms with Gasteiger partial charge in [0.2, 0.25) is 0 Å². The van der Waals surface area contributed by atoms with Gasteiger partial charge >= 0.3 is 0 Å². The molecule has 1 saturated carbocycles. The van der Waals surface area contributed by atoms with E-state index in [-0.39, 0.29) is 0 Å². The van der Waals surface area contributed by atoms with Gasteiger partial charge in [0.05, 0.1) is 0 Å². The van der Waals surface area contributed by atoms with Gasteiger partial charge in [0.15, 0.2) is 0 Å². The largest absolute Gasteiger partial charge is 0.310 e. The van der Waals surface area contributed by atoms with Gasteiger partial charge < -0.3 is 5.32 Å². The molecular formula is C18H30N2. The van der Waals surface area contributed by atoms with Crippen LogP contribution in [0.2, 0.25) is 0 Å². The average Bonchev–Trinajstić information content (AvgIpc) is 2.42. The van der Waals surface area contributed by atoms with Crippen LogP contribution < -0.4 is 5.32 Å². The maximum Gasteiger partial charge on any atom is 0.0366 e. The first-order valence-corrected chi connectivity index (χ1v) is 8.17. The molecule has 1 fully saturated rings. The predicted octanol–water partition coefficient (Wildman–Crippen LogP) is 4.65. The summed E-state index contributed by atoms with van der Waals surface area (Å²) in [5.41, 5.74) is 3.32. The first-order valence-electron chi connectivity index (χ1n) is 8.17. The third-order valence-electron chi connectivity index (χ3n) is 4.88. The number of rotatable bonds is 5. The van der Waals surface area contributed by atoms with Gasteiger partial charge in [-0.3, -0.25) is 4.98 Å². The number of nitrogens with zero attached hydrogens (tertiary/aromatic N) is 1. The molecule has 1 heterocycles. The van der Waals surface area contributed by atoms with Gasteiger partial charge in [0, 0.05) is 18.4 Å². The first kappa shape index (κ1) is 15.5. The number of hydrogen-bond donors (Lipinski definition) is 1. The van der Waals surface area contributed by atoms with Crippen LogP contribution in [0.15, 0.2) is 18.5 Å². The summed E-state index contributed by atoms with van der Waals surface area (Å²) in [4.78, 5) is 4.36. The van der Waals surface area contributed by atoms with Crippen LogP contribution in [0.4, 0.5) is 0 Å². The van der Waals surface area contributed by atoms with E-state index in [1.165, 1.54) is 43.2 Å². The molecule has 1 aliphatic carbocycles. The van der Waals surface area contributed by atoms with Crippen LogP contribution in [0, 0.1) is 18.3 Å². The smallest absolute Gasteiger partial charge is 0.0366 e. The first-order chi connectivity index (χ1) is 9.53. The molecule has 2 heteroatoms. The molecule has 0 aliphatic heterocycles. The van der Waals surface area contributed by atoms with Crippen LogP contribution >= 0.6 is 0 Å². The van der Waals surface area contributed by atoms with Crippen molar-refractivity contribution in [3.05, 3.63) is 29.6 Å². The minimum absolute atomic E-state index is 0.486. The van der Waals surface area contributed by atoms with Gasteiger partial charge in [-0.05, 0) is 74.1 Å². The average molecular weight is 274 g/mol. The van der Waals surface area contributed by atoms with Crippen molar-refractivity contribution in [1.29, 1.82) is 0 Å². The van der Waals surface area contributed by atoms with E-state index in [2.05, 4.69) is 50.3 Å². The predicted molar refractivity (Wildman–Crippen MR) is 85.7 cm³/mol. The summed E-state index contributed by atoms with van der Waals surface area (Å²) in [6, 6.07) is 2.63. The van der Waals surface area contributed by atoms with E-state index in [9.17, 15) is 0 Å². The molecule has 20 heavy (non-hydrogen) atoms. The number of nitrogens with one attached hydrogen (secondary N) is 1. The lowest BCUT2D eigenvalue weighted by molar-refractivity contribution is 0.161. The summed E-state index contributed by atoms with van der Waals surface area (Å²) in [6.07, 6.45) is 10.5. The molecule has 112 valence electrons. The molecule has 0 saturated heterocycles. The van der Waals surface area contributed by atoms with E-state index in [0.717, 1.165) is 12.5 Å². The van der Waals surface area contributed by atoms with Crippen molar-refractivity contribution < 1.29 is 0 Å². The second kappa shape index (κ2) is 6.71. The molecular weight excluding hydrogens is 244 g/mol. The van der Waals surface area contributed by atoms with Crippen molar-refractivity contribution in [2.75, 3.05) is 6.54 Å². The monoisotopic (exact) mass is 274 g/mol. The Labute approximate surface area is 124 Å². The zero-order chi connectivity index (χ0) is 14.6. The van der Waals surface area contributed by atoms with Gasteiger partial charge in [-0.2, -0.15) is 0 Å². The van der Waals surface area contributed by atoms with Crippen molar-refractivity contribution in [3.8, 4) is 0 Å². The molecule has 2 nitrogen and oxygen atoms in total. The Morgan fingerprint density at radius 3 is 2.65 bits per heavy atom. The Morgan fingerprint density at radius 2 is 2.05 bits per heavy atom. The highest BCUT2D eigenvalue weighted by Gasteiger charge is 2.32. The quantitative estimate of drug-likeness (QED) is 0.845. The van der Waals surface area contributed by atoms with Crippen molar-refractivity contribution in [2.45, 2.75) is 65.8 Å². The molecule has 0 bridgehead atoms. The highest BCUT2D eigenvalue weighted by Crippen LogP contribution is 2.43. The van der Waals surface area contributed by atoms with Crippen LogP contribution in [0.25, 0.3) is 0 Å². The van der Waals surface area contributed by atoms with Crippen molar-refractivity contribution in [1.82, 2.24) is 10.3 Å². The standard InChI is InChI=1S/C18H30N2/c1-5-11-20-17(16-13-19-12-8-14(16)2)15-6-9-18(3,4)10-7-15/h8,12-13,15,17,20H,5-7,9-11H2,1-4H3. The number of aromatic nitrogens is 1. The highest BCUT2D eigenvalue weighted by molar-refractivity contribution is 5.26. The molecule has 0 amide bonds. The molecule has 0 radical (unpaired) electrons. The van der Waals surface area contributed by atoms with E-state index >= 15 is 0 Å². The van der Waals surface area contributed by atoms with Crippen molar-refractivity contribution in [2.24, 2.45) is 11.3 Å². The Balaban J connectivity index is 2.14. The topological polar surface area (TPSA) is 24.9 Å². The molecule has 1 aliphatic rings. The molecule has 1 atom stereocenters. The summed E-state index contributed by atoms with van der Waals surface area (Å²) in [5, 5.41) is 3.78. The van der Waals surface area contributed by atoms with E-state index in [1.807, 2.05) is 6.20 Å². The lowest BCUT2D eigenvalue weighted by Gasteiger charge is -2.38. The molecule has 0 spiro atoms. The van der Waals surface area contributed by atoms with Crippen molar-refractivity contribution in [3.63, 3.8) is 0 Å². The van der Waals surface area contributed by atoms with Crippen LogP contribution in [-0.2, 0) is 0 Å². The van der Waals surface area contributed by atoms with E-state index in [4.69, 9.17) is 0 Å². The van der Waals surface area contributed by atoms with Crippen LogP contribution in [-0.4, -0.2) is 11.5 Å². The summed E-state index contributed by atoms with van der Waals surface area (Å²) < 4.78 is 0. The minimum Gasteiger partial charge on any atom is -0.310 e. The lowest BCUT2D eigenvalue weighted by atomic mass is 9.70. The van der Waals surface area contributed by atoms with Crippen molar-refractivity contribution >= 4 is 0 Å². The normalized spacial score (nSPS) is 20.8. The maximum atomic E-state index is 4.36. The maximum absolute atomic E-state index is 4.36. The zero-order valence-corrected chi connectivity index (χ0v) is 13.6. The van der Waals surface area contributed by atoms with Crippen LogP contribution in [0.5, 0.6) is 0 Å². The van der Waals surface area contributed by atoms with Gasteiger partial charge in [-0.25, -0.2) is 0 Å². The Morgan fingerprint density at radius 1 is 1.35 bits per heavy atom. The van der Waals surface area contributed by atoms with Gasteiger partial charge in [0.1, 0.15) is 0 Å². The van der Waals surface area contributed by atoms with Crippen LogP contribution in [0.1, 0.15) is 70.0 Å². The summed E-state index contributed by atoms with van der Waals surface area (Å²) in [7, 11) is 0. The minimum atomic E-state index is 0.486. The Bertz CT molecular complexity index is 415. The fraction of sp³-hybridized carbons (Fsp3) is 0.722. The zero-order valence-electron chi connectivity index (χ0n) is 13.6. The molecule has 1 aromatic rings. The SMILES string of the molecule is CCCNC(c1cnccc1C)C1CCC(C)(C)CC1. The Kier molecular flexibility index (Phi) is 5.20. The number of hydrogen-bond acceptors (Lipinski definition) is 2. The van der Waals surface area contributed by atoms with Crippen LogP contribution in [0.3, 0.4) is 0 Å². The summed E-state index contributed by atoms with van der Waals surface area (Å²) in [6.45, 7) is 10.4. The molecule has 1 N–H and O–H groups in total. The van der Waals surface area contributed by atoms with Gasteiger partial charge in [-0.1, -0.05) is 20.8 Å². The van der Waals surface area contributed by atoms with E-state index in [0.29, 0.717) is 11.5 Å². The third kappa shape index (κ3) is 3.82. The fourth-order valence-corrected chi connectivity index (χ4v) is 3.39. The summed E-state index contributed by atoms with van der Waals surface area (Å²) in [5.74, 6) is 0.762.